The molecule has 13 heavy (non-hydrogen) atoms. The van der Waals surface area contributed by atoms with Gasteiger partial charge in [-0.15, -0.1) is 0 Å². The van der Waals surface area contributed by atoms with Crippen LogP contribution in [0.4, 0.5) is 0 Å². The van der Waals surface area contributed by atoms with Crippen LogP contribution in [0.1, 0.15) is 0 Å². The summed E-state index contributed by atoms with van der Waals surface area (Å²) in [7, 11) is 0. The highest BCUT2D eigenvalue weighted by atomic mass is 127. The van der Waals surface area contributed by atoms with E-state index in [1.54, 1.807) is 6.08 Å². The lowest BCUT2D eigenvalue weighted by atomic mass is 10.2. The van der Waals surface area contributed by atoms with Crippen molar-refractivity contribution in [3.63, 3.8) is 0 Å². The van der Waals surface area contributed by atoms with Gasteiger partial charge in [-0.1, -0.05) is 25.3 Å². The first-order chi connectivity index (χ1) is 6.29. The van der Waals surface area contributed by atoms with Crippen LogP contribution in [0.25, 0.3) is 0 Å². The largest absolute Gasteiger partial charge is 0.382 e. The van der Waals surface area contributed by atoms with Crippen molar-refractivity contribution in [2.24, 2.45) is 0 Å². The van der Waals surface area contributed by atoms with Gasteiger partial charge in [-0.25, -0.2) is 0 Å². The molecule has 70 valence electrons. The van der Waals surface area contributed by atoms with E-state index < -0.39 is 0 Å². The summed E-state index contributed by atoms with van der Waals surface area (Å²) in [5.74, 6) is 0. The highest BCUT2D eigenvalue weighted by Gasteiger charge is 2.12. The normalized spacial score (nSPS) is 17.5. The monoisotopic (exact) mass is 288 g/mol. The van der Waals surface area contributed by atoms with Gasteiger partial charge in [0.15, 0.2) is 0 Å². The van der Waals surface area contributed by atoms with E-state index in [0.717, 1.165) is 24.5 Å². The highest BCUT2D eigenvalue weighted by Crippen LogP contribution is 2.18. The smallest absolute Gasteiger partial charge is 0.0684 e. The van der Waals surface area contributed by atoms with E-state index in [0.29, 0.717) is 0 Å². The average Bonchev–Trinajstić information content (AvgIpc) is 2.15. The van der Waals surface area contributed by atoms with E-state index in [1.807, 2.05) is 18.2 Å². The van der Waals surface area contributed by atoms with Gasteiger partial charge in [-0.05, 0) is 12.2 Å². The van der Waals surface area contributed by atoms with Crippen LogP contribution in [0.5, 0.6) is 0 Å². The molecule has 0 aromatic rings. The lowest BCUT2D eigenvalue weighted by Crippen LogP contribution is -2.32. The Bertz CT molecular complexity index is 266. The maximum absolute atomic E-state index is 3.79. The molecule has 0 fully saturated rings. The van der Waals surface area contributed by atoms with Gasteiger partial charge < -0.3 is 8.43 Å². The first kappa shape index (κ1) is 10.4. The van der Waals surface area contributed by atoms with Gasteiger partial charge in [0.25, 0.3) is 0 Å². The summed E-state index contributed by atoms with van der Waals surface area (Å²) < 4.78 is 2.16. The molecule has 0 aromatic heterocycles. The van der Waals surface area contributed by atoms with Crippen molar-refractivity contribution in [1.29, 1.82) is 0 Å². The topological polar surface area (TPSA) is 15.3 Å². The van der Waals surface area contributed by atoms with E-state index in [1.165, 1.54) is 0 Å². The van der Waals surface area contributed by atoms with E-state index in [9.17, 15) is 0 Å². The number of allylic oxidation sites excluding steroid dienone is 4. The zero-order chi connectivity index (χ0) is 9.68. The third-order valence-corrected chi connectivity index (χ3v) is 2.76. The second kappa shape index (κ2) is 5.11. The maximum atomic E-state index is 3.79. The number of nitrogens with zero attached hydrogens (tertiary/aromatic N) is 1. The Kier molecular flexibility index (Phi) is 4.08. The summed E-state index contributed by atoms with van der Waals surface area (Å²) in [6.45, 7) is 9.40. The van der Waals surface area contributed by atoms with Gasteiger partial charge in [0.2, 0.25) is 0 Å². The molecule has 0 saturated carbocycles. The average molecular weight is 288 g/mol. The summed E-state index contributed by atoms with van der Waals surface area (Å²) in [4.78, 5) is 0. The number of halogens is 1. The molecule has 3 heteroatoms. The second-order valence-electron chi connectivity index (χ2n) is 2.61. The predicted molar refractivity (Wildman–Crippen MR) is 65.3 cm³/mol. The van der Waals surface area contributed by atoms with Gasteiger partial charge in [0.05, 0.1) is 34.3 Å². The van der Waals surface area contributed by atoms with Gasteiger partial charge in [-0.2, -0.15) is 0 Å². The lowest BCUT2D eigenvalue weighted by Gasteiger charge is -2.26. The minimum absolute atomic E-state index is 0.969. The summed E-state index contributed by atoms with van der Waals surface area (Å²) in [6, 6.07) is 0. The molecule has 1 aliphatic rings. The highest BCUT2D eigenvalue weighted by molar-refractivity contribution is 14.1. The number of rotatable bonds is 3. The zero-order valence-corrected chi connectivity index (χ0v) is 9.62. The molecule has 1 aliphatic heterocycles. The van der Waals surface area contributed by atoms with E-state index in [-0.39, 0.29) is 0 Å². The van der Waals surface area contributed by atoms with Crippen molar-refractivity contribution in [2.45, 2.75) is 0 Å². The van der Waals surface area contributed by atoms with Crippen molar-refractivity contribution < 1.29 is 0 Å². The molecule has 0 unspecified atom stereocenters. The molecular formula is C10H13IN2. The Labute approximate surface area is 93.2 Å². The van der Waals surface area contributed by atoms with Gasteiger partial charge in [0.1, 0.15) is 0 Å². The number of nitrogens with one attached hydrogen (secondary N) is 1. The first-order valence-electron chi connectivity index (χ1n) is 4.12. The Morgan fingerprint density at radius 1 is 1.46 bits per heavy atom. The predicted octanol–water partition coefficient (Wildman–Crippen LogP) is 2.38. The molecule has 0 amide bonds. The molecule has 0 saturated heterocycles. The van der Waals surface area contributed by atoms with E-state index in [4.69, 9.17) is 0 Å². The summed E-state index contributed by atoms with van der Waals surface area (Å²) in [5, 5.41) is 3.31. The standard InChI is InChI=1S/C10H13IN2/c1-3-5-6-9-10(4-2)13(11)8-7-12-9/h3-6,12H,1-2,7-8H2/b6-5-. The van der Waals surface area contributed by atoms with E-state index >= 15 is 0 Å². The Morgan fingerprint density at radius 2 is 2.23 bits per heavy atom. The van der Waals surface area contributed by atoms with Crippen LogP contribution in [-0.2, 0) is 0 Å². The third-order valence-electron chi connectivity index (χ3n) is 1.75. The van der Waals surface area contributed by atoms with Crippen LogP contribution in [0.15, 0.2) is 48.9 Å². The molecular weight excluding hydrogens is 275 g/mol. The zero-order valence-electron chi connectivity index (χ0n) is 7.46. The quantitative estimate of drug-likeness (QED) is 0.487. The second-order valence-corrected chi connectivity index (χ2v) is 3.78. The van der Waals surface area contributed by atoms with Crippen molar-refractivity contribution in [2.75, 3.05) is 13.1 Å². The van der Waals surface area contributed by atoms with Crippen molar-refractivity contribution >= 4 is 22.9 Å². The summed E-state index contributed by atoms with van der Waals surface area (Å²) in [5.41, 5.74) is 2.24. The van der Waals surface area contributed by atoms with Crippen molar-refractivity contribution in [1.82, 2.24) is 8.43 Å². The maximum Gasteiger partial charge on any atom is 0.0684 e. The molecule has 1 heterocycles. The fourth-order valence-electron chi connectivity index (χ4n) is 1.15. The fraction of sp³-hybridized carbons (Fsp3) is 0.200. The lowest BCUT2D eigenvalue weighted by molar-refractivity contribution is 0.555. The number of hydrogen-bond donors (Lipinski definition) is 1. The van der Waals surface area contributed by atoms with E-state index in [2.05, 4.69) is 44.5 Å². The molecule has 1 rings (SSSR count). The minimum Gasteiger partial charge on any atom is -0.382 e. The van der Waals surface area contributed by atoms with Crippen LogP contribution in [0, 0.1) is 0 Å². The Morgan fingerprint density at radius 3 is 2.85 bits per heavy atom. The van der Waals surface area contributed by atoms with Crippen LogP contribution < -0.4 is 5.32 Å². The third kappa shape index (κ3) is 2.62. The molecule has 0 atom stereocenters. The molecule has 0 bridgehead atoms. The molecule has 0 aromatic carbocycles. The minimum atomic E-state index is 0.969. The van der Waals surface area contributed by atoms with Gasteiger partial charge in [-0.3, -0.25) is 0 Å². The van der Waals surface area contributed by atoms with Crippen LogP contribution in [0.3, 0.4) is 0 Å². The molecule has 1 N–H and O–H groups in total. The molecule has 0 spiro atoms. The van der Waals surface area contributed by atoms with Gasteiger partial charge >= 0.3 is 0 Å². The number of hydrogen-bond acceptors (Lipinski definition) is 2. The molecule has 2 nitrogen and oxygen atoms in total. The first-order valence-corrected chi connectivity index (χ1v) is 5.09. The summed E-state index contributed by atoms with van der Waals surface area (Å²) in [6.07, 6.45) is 7.55. The SMILES string of the molecule is C=C/C=C\C1=C(C=C)N(I)CCN1. The van der Waals surface area contributed by atoms with Crippen LogP contribution in [-0.4, -0.2) is 16.2 Å². The molecule has 0 radical (unpaired) electrons. The Hall–Kier alpha value is -0.710. The fourth-order valence-corrected chi connectivity index (χ4v) is 1.85. The van der Waals surface area contributed by atoms with Gasteiger partial charge in [0, 0.05) is 13.1 Å². The molecule has 0 aliphatic carbocycles. The Balaban J connectivity index is 2.91. The summed E-state index contributed by atoms with van der Waals surface area (Å²) >= 11 is 2.29. The van der Waals surface area contributed by atoms with Crippen LogP contribution >= 0.6 is 22.9 Å². The van der Waals surface area contributed by atoms with Crippen LogP contribution in [0.2, 0.25) is 0 Å². The van der Waals surface area contributed by atoms with Crippen molar-refractivity contribution in [3.05, 3.63) is 48.9 Å². The van der Waals surface area contributed by atoms with Crippen molar-refractivity contribution in [3.8, 4) is 0 Å².